The minimum Gasteiger partial charge on any atom is -0.504 e. The monoisotopic (exact) mass is 380 g/mol. The van der Waals surface area contributed by atoms with Gasteiger partial charge in [0.05, 0.1) is 11.1 Å². The molecule has 0 aliphatic carbocycles. The number of aromatic hydroxyl groups is 2. The lowest BCUT2D eigenvalue weighted by Crippen LogP contribution is -2.04. The maximum atomic E-state index is 13.0. The van der Waals surface area contributed by atoms with E-state index in [9.17, 15) is 24.9 Å². The van der Waals surface area contributed by atoms with E-state index in [0.717, 1.165) is 31.1 Å². The second-order valence-electron chi connectivity index (χ2n) is 6.46. The highest BCUT2D eigenvalue weighted by atomic mass is 16.4. The Hall–Kier alpha value is -3.54. The summed E-state index contributed by atoms with van der Waals surface area (Å²) >= 11 is 0. The number of furan rings is 1. The molecule has 3 aromatic rings. The van der Waals surface area contributed by atoms with Gasteiger partial charge in [-0.1, -0.05) is 49.7 Å². The SMILES string of the molecule is CCCCc1ccc(C(=O)c2coc(C(=O)O)c2-c2cccc(O)c2O)cc1. The molecule has 0 radical (unpaired) electrons. The summed E-state index contributed by atoms with van der Waals surface area (Å²) in [6, 6.07) is 11.2. The topological polar surface area (TPSA) is 108 Å². The van der Waals surface area contributed by atoms with Gasteiger partial charge in [-0.2, -0.15) is 0 Å². The summed E-state index contributed by atoms with van der Waals surface area (Å²) in [4.78, 5) is 24.6. The number of carbonyl (C=O) groups excluding carboxylic acids is 1. The van der Waals surface area contributed by atoms with Crippen molar-refractivity contribution >= 4 is 11.8 Å². The smallest absolute Gasteiger partial charge is 0.372 e. The number of hydrogen-bond acceptors (Lipinski definition) is 5. The third-order valence-electron chi connectivity index (χ3n) is 4.55. The van der Waals surface area contributed by atoms with E-state index in [1.165, 1.54) is 18.2 Å². The Morgan fingerprint density at radius 1 is 1.04 bits per heavy atom. The molecule has 0 atom stereocenters. The first kappa shape index (κ1) is 19.2. The molecule has 0 bridgehead atoms. The molecule has 6 heteroatoms. The second kappa shape index (κ2) is 8.00. The minimum atomic E-state index is -1.38. The van der Waals surface area contributed by atoms with Gasteiger partial charge >= 0.3 is 5.97 Å². The molecule has 2 aromatic carbocycles. The van der Waals surface area contributed by atoms with Crippen LogP contribution in [0.1, 0.15) is 51.8 Å². The van der Waals surface area contributed by atoms with Gasteiger partial charge in [0.15, 0.2) is 17.3 Å². The molecule has 0 saturated carbocycles. The maximum Gasteiger partial charge on any atom is 0.372 e. The molecule has 0 aliphatic rings. The molecule has 3 N–H and O–H groups in total. The molecule has 0 amide bonds. The molecule has 28 heavy (non-hydrogen) atoms. The highest BCUT2D eigenvalue weighted by Gasteiger charge is 2.28. The fourth-order valence-electron chi connectivity index (χ4n) is 3.04. The molecule has 0 unspecified atom stereocenters. The van der Waals surface area contributed by atoms with Crippen LogP contribution >= 0.6 is 0 Å². The molecule has 0 aliphatic heterocycles. The standard InChI is InChI=1S/C22H20O6/c1-2-3-5-13-8-10-14(11-9-13)19(24)16-12-28-21(22(26)27)18(16)15-6-4-7-17(23)20(15)25/h4,6-12,23,25H,2-3,5H2,1H3,(H,26,27). The molecule has 6 nitrogen and oxygen atoms in total. The van der Waals surface area contributed by atoms with Gasteiger partial charge in [-0.25, -0.2) is 4.79 Å². The first-order chi connectivity index (χ1) is 13.4. The second-order valence-corrected chi connectivity index (χ2v) is 6.46. The van der Waals surface area contributed by atoms with E-state index in [1.807, 2.05) is 12.1 Å². The molecule has 3 rings (SSSR count). The Kier molecular flexibility index (Phi) is 5.49. The van der Waals surface area contributed by atoms with E-state index in [0.29, 0.717) is 5.56 Å². The lowest BCUT2D eigenvalue weighted by Gasteiger charge is -2.08. The van der Waals surface area contributed by atoms with Gasteiger partial charge in [0, 0.05) is 11.1 Å². The van der Waals surface area contributed by atoms with Crippen molar-refractivity contribution in [2.75, 3.05) is 0 Å². The number of ketones is 1. The molecule has 1 heterocycles. The van der Waals surface area contributed by atoms with Gasteiger partial charge in [0.25, 0.3) is 0 Å². The van der Waals surface area contributed by atoms with Crippen molar-refractivity contribution in [2.24, 2.45) is 0 Å². The van der Waals surface area contributed by atoms with E-state index in [2.05, 4.69) is 6.92 Å². The first-order valence-electron chi connectivity index (χ1n) is 8.93. The van der Waals surface area contributed by atoms with Crippen LogP contribution in [0.2, 0.25) is 0 Å². The molecule has 0 saturated heterocycles. The number of para-hydroxylation sites is 1. The van der Waals surface area contributed by atoms with Gasteiger partial charge < -0.3 is 19.7 Å². The molecule has 0 spiro atoms. The minimum absolute atomic E-state index is 0.000363. The summed E-state index contributed by atoms with van der Waals surface area (Å²) < 4.78 is 5.11. The van der Waals surface area contributed by atoms with Crippen LogP contribution in [-0.2, 0) is 6.42 Å². The molecular formula is C22H20O6. The Labute approximate surface area is 161 Å². The fraction of sp³-hybridized carbons (Fsp3) is 0.182. The van der Waals surface area contributed by atoms with Crippen molar-refractivity contribution < 1.29 is 29.3 Å². The lowest BCUT2D eigenvalue weighted by molar-refractivity contribution is 0.0663. The van der Waals surface area contributed by atoms with Gasteiger partial charge in [-0.3, -0.25) is 4.79 Å². The Bertz CT molecular complexity index is 1010. The summed E-state index contributed by atoms with van der Waals surface area (Å²) in [5.74, 6) is -3.24. The normalized spacial score (nSPS) is 10.8. The number of rotatable bonds is 7. The number of hydrogen-bond donors (Lipinski definition) is 3. The predicted molar refractivity (Wildman–Crippen MR) is 103 cm³/mol. The highest BCUT2D eigenvalue weighted by molar-refractivity contribution is 6.15. The molecule has 144 valence electrons. The third kappa shape index (κ3) is 3.62. The van der Waals surface area contributed by atoms with Crippen LogP contribution < -0.4 is 0 Å². The van der Waals surface area contributed by atoms with Crippen molar-refractivity contribution in [3.8, 4) is 22.6 Å². The van der Waals surface area contributed by atoms with Gasteiger partial charge in [-0.05, 0) is 24.5 Å². The zero-order valence-electron chi connectivity index (χ0n) is 15.3. The number of carbonyl (C=O) groups is 2. The van der Waals surface area contributed by atoms with E-state index in [1.54, 1.807) is 12.1 Å². The number of unbranched alkanes of at least 4 members (excludes halogenated alkanes) is 1. The summed E-state index contributed by atoms with van der Waals surface area (Å²) in [7, 11) is 0. The predicted octanol–water partition coefficient (Wildman–Crippen LogP) is 4.63. The van der Waals surface area contributed by atoms with E-state index in [4.69, 9.17) is 4.42 Å². The average molecular weight is 380 g/mol. The number of aryl methyl sites for hydroxylation is 1. The van der Waals surface area contributed by atoms with Gasteiger partial charge in [0.1, 0.15) is 6.26 Å². The van der Waals surface area contributed by atoms with Crippen molar-refractivity contribution in [1.29, 1.82) is 0 Å². The molecular weight excluding hydrogens is 360 g/mol. The third-order valence-corrected chi connectivity index (χ3v) is 4.55. The Morgan fingerprint density at radius 2 is 1.75 bits per heavy atom. The maximum absolute atomic E-state index is 13.0. The van der Waals surface area contributed by atoms with Crippen molar-refractivity contribution in [3.63, 3.8) is 0 Å². The quantitative estimate of drug-likeness (QED) is 0.407. The van der Waals surface area contributed by atoms with Crippen LogP contribution in [0, 0.1) is 0 Å². The summed E-state index contributed by atoms with van der Waals surface area (Å²) in [5, 5.41) is 29.4. The van der Waals surface area contributed by atoms with Crippen LogP contribution in [0.15, 0.2) is 53.1 Å². The van der Waals surface area contributed by atoms with Crippen LogP contribution in [0.4, 0.5) is 0 Å². The zero-order chi connectivity index (χ0) is 20.3. The van der Waals surface area contributed by atoms with Crippen LogP contribution in [-0.4, -0.2) is 27.1 Å². The highest BCUT2D eigenvalue weighted by Crippen LogP contribution is 2.40. The average Bonchev–Trinajstić information content (AvgIpc) is 3.13. The fourth-order valence-corrected chi connectivity index (χ4v) is 3.04. The van der Waals surface area contributed by atoms with Crippen LogP contribution in [0.25, 0.3) is 11.1 Å². The van der Waals surface area contributed by atoms with Crippen LogP contribution in [0.5, 0.6) is 11.5 Å². The van der Waals surface area contributed by atoms with E-state index < -0.39 is 29.0 Å². The molecule has 0 fully saturated rings. The number of aromatic carboxylic acids is 1. The van der Waals surface area contributed by atoms with Gasteiger partial charge in [0.2, 0.25) is 5.76 Å². The largest absolute Gasteiger partial charge is 0.504 e. The number of phenolic OH excluding ortho intramolecular Hbond substituents is 2. The van der Waals surface area contributed by atoms with Crippen molar-refractivity contribution in [1.82, 2.24) is 0 Å². The van der Waals surface area contributed by atoms with Crippen molar-refractivity contribution in [3.05, 3.63) is 71.2 Å². The summed E-state index contributed by atoms with van der Waals surface area (Å²) in [6.45, 7) is 2.11. The number of carboxylic acid groups (broad SMARTS) is 1. The van der Waals surface area contributed by atoms with E-state index in [-0.39, 0.29) is 16.7 Å². The summed E-state index contributed by atoms with van der Waals surface area (Å²) in [6.07, 6.45) is 4.11. The Morgan fingerprint density at radius 3 is 2.39 bits per heavy atom. The number of benzene rings is 2. The number of phenols is 2. The Balaban J connectivity index is 2.06. The number of carboxylic acids is 1. The lowest BCUT2D eigenvalue weighted by atomic mass is 9.94. The van der Waals surface area contributed by atoms with Crippen LogP contribution in [0.3, 0.4) is 0 Å². The molecule has 1 aromatic heterocycles. The van der Waals surface area contributed by atoms with Crippen molar-refractivity contribution in [2.45, 2.75) is 26.2 Å². The van der Waals surface area contributed by atoms with Gasteiger partial charge in [-0.15, -0.1) is 0 Å². The zero-order valence-corrected chi connectivity index (χ0v) is 15.3. The van der Waals surface area contributed by atoms with E-state index >= 15 is 0 Å². The first-order valence-corrected chi connectivity index (χ1v) is 8.93. The summed E-state index contributed by atoms with van der Waals surface area (Å²) in [5.41, 5.74) is 1.43.